The average molecular weight is 230 g/mol. The molecule has 7 heteroatoms. The van der Waals surface area contributed by atoms with Crippen molar-refractivity contribution in [1.29, 1.82) is 5.26 Å². The minimum atomic E-state index is -4.25. The Hall–Kier alpha value is -1.84. The maximum absolute atomic E-state index is 12.1. The Labute approximate surface area is 90.1 Å². The predicted octanol–water partition coefficient (Wildman–Crippen LogP) is 2.10. The maximum atomic E-state index is 12.1. The van der Waals surface area contributed by atoms with Gasteiger partial charge in [-0.1, -0.05) is 0 Å². The highest BCUT2D eigenvalue weighted by Gasteiger charge is 2.30. The normalized spacial score (nSPS) is 12.9. The molecule has 0 amide bonds. The molecule has 0 radical (unpaired) electrons. The van der Waals surface area contributed by atoms with Crippen molar-refractivity contribution in [3.8, 4) is 6.07 Å². The molecule has 0 saturated carbocycles. The fourth-order valence-electron chi connectivity index (χ4n) is 1.16. The van der Waals surface area contributed by atoms with Gasteiger partial charge in [-0.3, -0.25) is 0 Å². The number of anilines is 1. The van der Waals surface area contributed by atoms with Crippen LogP contribution in [0.3, 0.4) is 0 Å². The molecule has 0 aliphatic rings. The molecule has 1 rings (SSSR count). The van der Waals surface area contributed by atoms with Crippen LogP contribution in [-0.2, 0) is 0 Å². The van der Waals surface area contributed by atoms with E-state index < -0.39 is 18.6 Å². The van der Waals surface area contributed by atoms with E-state index in [2.05, 4.69) is 15.3 Å². The first-order valence-corrected chi connectivity index (χ1v) is 4.47. The van der Waals surface area contributed by atoms with E-state index in [4.69, 9.17) is 5.26 Å². The van der Waals surface area contributed by atoms with Gasteiger partial charge < -0.3 is 5.32 Å². The third kappa shape index (κ3) is 3.73. The highest BCUT2D eigenvalue weighted by molar-refractivity contribution is 5.47. The molecule has 0 bridgehead atoms. The minimum Gasteiger partial charge on any atom is -0.365 e. The Morgan fingerprint density at radius 1 is 1.44 bits per heavy atom. The summed E-state index contributed by atoms with van der Waals surface area (Å²) in [7, 11) is 0. The number of nitrogens with one attached hydrogen (secondary N) is 1. The van der Waals surface area contributed by atoms with Gasteiger partial charge in [0.2, 0.25) is 0 Å². The fraction of sp³-hybridized carbons (Fsp3) is 0.444. The number of hydrogen-bond acceptors (Lipinski definition) is 4. The van der Waals surface area contributed by atoms with Crippen molar-refractivity contribution in [3.05, 3.63) is 18.1 Å². The van der Waals surface area contributed by atoms with E-state index in [1.807, 2.05) is 0 Å². The zero-order chi connectivity index (χ0) is 12.2. The number of nitriles is 1. The van der Waals surface area contributed by atoms with Crippen molar-refractivity contribution in [2.24, 2.45) is 0 Å². The Kier molecular flexibility index (Phi) is 3.66. The molecule has 0 aliphatic heterocycles. The zero-order valence-electron chi connectivity index (χ0n) is 8.41. The highest BCUT2D eigenvalue weighted by atomic mass is 19.4. The number of alkyl halides is 3. The Morgan fingerprint density at radius 3 is 2.62 bits per heavy atom. The summed E-state index contributed by atoms with van der Waals surface area (Å²) >= 11 is 0. The lowest BCUT2D eigenvalue weighted by molar-refractivity contribution is -0.136. The van der Waals surface area contributed by atoms with Crippen molar-refractivity contribution in [3.63, 3.8) is 0 Å². The summed E-state index contributed by atoms with van der Waals surface area (Å²) in [5.74, 6) is 0.0711. The van der Waals surface area contributed by atoms with E-state index in [0.717, 1.165) is 0 Å². The number of hydrogen-bond donors (Lipinski definition) is 1. The first-order chi connectivity index (χ1) is 7.42. The summed E-state index contributed by atoms with van der Waals surface area (Å²) in [6, 6.07) is 0.889. The second-order valence-electron chi connectivity index (χ2n) is 3.23. The van der Waals surface area contributed by atoms with E-state index in [1.165, 1.54) is 19.3 Å². The number of nitrogens with zero attached hydrogens (tertiary/aromatic N) is 3. The minimum absolute atomic E-state index is 0.0171. The van der Waals surface area contributed by atoms with Crippen LogP contribution in [0.4, 0.5) is 19.0 Å². The molecule has 1 unspecified atom stereocenters. The summed E-state index contributed by atoms with van der Waals surface area (Å²) in [6.07, 6.45) is -2.63. The van der Waals surface area contributed by atoms with E-state index in [-0.39, 0.29) is 11.5 Å². The number of halogens is 3. The summed E-state index contributed by atoms with van der Waals surface area (Å²) in [4.78, 5) is 7.44. The molecular formula is C9H9F3N4. The van der Waals surface area contributed by atoms with Crippen LogP contribution in [0.15, 0.2) is 12.4 Å². The van der Waals surface area contributed by atoms with Gasteiger partial charge in [-0.25, -0.2) is 9.97 Å². The van der Waals surface area contributed by atoms with E-state index >= 15 is 0 Å². The van der Waals surface area contributed by atoms with Gasteiger partial charge in [0.25, 0.3) is 0 Å². The van der Waals surface area contributed by atoms with Gasteiger partial charge in [-0.2, -0.15) is 18.4 Å². The second kappa shape index (κ2) is 4.79. The maximum Gasteiger partial charge on any atom is 0.391 e. The van der Waals surface area contributed by atoms with Crippen LogP contribution in [0.5, 0.6) is 0 Å². The lowest BCUT2D eigenvalue weighted by Crippen LogP contribution is -2.24. The molecule has 0 aromatic carbocycles. The molecule has 0 aliphatic carbocycles. The molecule has 86 valence electrons. The molecule has 1 N–H and O–H groups in total. The van der Waals surface area contributed by atoms with Crippen molar-refractivity contribution in [1.82, 2.24) is 9.97 Å². The lowest BCUT2D eigenvalue weighted by Gasteiger charge is -2.16. The first-order valence-electron chi connectivity index (χ1n) is 4.47. The smallest absolute Gasteiger partial charge is 0.365 e. The van der Waals surface area contributed by atoms with Crippen molar-refractivity contribution in [2.75, 3.05) is 5.32 Å². The van der Waals surface area contributed by atoms with Crippen LogP contribution in [0.25, 0.3) is 0 Å². The predicted molar refractivity (Wildman–Crippen MR) is 50.5 cm³/mol. The van der Waals surface area contributed by atoms with Crippen LogP contribution in [0.2, 0.25) is 0 Å². The Bertz CT molecular complexity index is 396. The molecular weight excluding hydrogens is 221 g/mol. The van der Waals surface area contributed by atoms with Crippen LogP contribution < -0.4 is 5.32 Å². The van der Waals surface area contributed by atoms with Crippen LogP contribution in [0.1, 0.15) is 19.0 Å². The van der Waals surface area contributed by atoms with Gasteiger partial charge in [0.1, 0.15) is 6.07 Å². The quantitative estimate of drug-likeness (QED) is 0.863. The standard InChI is InChI=1S/C9H9F3N4/c1-6(4-9(10,11)12)16-8-7(5-13)14-2-3-15-8/h2-3,6H,4H2,1H3,(H,15,16). The lowest BCUT2D eigenvalue weighted by atomic mass is 10.2. The van der Waals surface area contributed by atoms with Gasteiger partial charge >= 0.3 is 6.18 Å². The molecule has 1 aromatic rings. The summed E-state index contributed by atoms with van der Waals surface area (Å²) in [5.41, 5.74) is -0.0171. The SMILES string of the molecule is CC(CC(F)(F)F)Nc1nccnc1C#N. The van der Waals surface area contributed by atoms with E-state index in [9.17, 15) is 13.2 Å². The van der Waals surface area contributed by atoms with Gasteiger partial charge in [0, 0.05) is 18.4 Å². The summed E-state index contributed by atoms with van der Waals surface area (Å²) in [6.45, 7) is 1.36. The fourth-order valence-corrected chi connectivity index (χ4v) is 1.16. The van der Waals surface area contributed by atoms with Crippen LogP contribution >= 0.6 is 0 Å². The highest BCUT2D eigenvalue weighted by Crippen LogP contribution is 2.23. The number of aromatic nitrogens is 2. The van der Waals surface area contributed by atoms with E-state index in [1.54, 1.807) is 6.07 Å². The molecule has 1 aromatic heterocycles. The van der Waals surface area contributed by atoms with Gasteiger partial charge in [-0.15, -0.1) is 0 Å². The Morgan fingerprint density at radius 2 is 2.06 bits per heavy atom. The summed E-state index contributed by atoms with van der Waals surface area (Å²) < 4.78 is 36.2. The third-order valence-corrected chi connectivity index (χ3v) is 1.72. The summed E-state index contributed by atoms with van der Waals surface area (Å²) in [5, 5.41) is 11.2. The monoisotopic (exact) mass is 230 g/mol. The van der Waals surface area contributed by atoms with Gasteiger partial charge in [-0.05, 0) is 6.92 Å². The van der Waals surface area contributed by atoms with Gasteiger partial charge in [0.05, 0.1) is 6.42 Å². The third-order valence-electron chi connectivity index (χ3n) is 1.72. The molecule has 1 atom stereocenters. The van der Waals surface area contributed by atoms with Crippen molar-refractivity contribution in [2.45, 2.75) is 25.6 Å². The van der Waals surface area contributed by atoms with Crippen molar-refractivity contribution >= 4 is 5.82 Å². The Balaban J connectivity index is 2.70. The molecule has 0 fully saturated rings. The number of rotatable bonds is 3. The first kappa shape index (κ1) is 12.2. The van der Waals surface area contributed by atoms with Gasteiger partial charge in [0.15, 0.2) is 11.5 Å². The van der Waals surface area contributed by atoms with Crippen molar-refractivity contribution < 1.29 is 13.2 Å². The molecule has 16 heavy (non-hydrogen) atoms. The van der Waals surface area contributed by atoms with Crippen LogP contribution in [0, 0.1) is 11.3 Å². The molecule has 1 heterocycles. The largest absolute Gasteiger partial charge is 0.391 e. The molecule has 0 saturated heterocycles. The van der Waals surface area contributed by atoms with Crippen LogP contribution in [-0.4, -0.2) is 22.2 Å². The molecule has 0 spiro atoms. The topological polar surface area (TPSA) is 61.6 Å². The van der Waals surface area contributed by atoms with E-state index in [0.29, 0.717) is 0 Å². The zero-order valence-corrected chi connectivity index (χ0v) is 8.41. The molecule has 4 nitrogen and oxygen atoms in total. The average Bonchev–Trinajstić information content (AvgIpc) is 2.15. The second-order valence-corrected chi connectivity index (χ2v) is 3.23.